The number of amides is 2. The Morgan fingerprint density at radius 3 is 2.41 bits per heavy atom. The Morgan fingerprint density at radius 1 is 1.00 bits per heavy atom. The van der Waals surface area contributed by atoms with E-state index in [0.717, 1.165) is 11.1 Å². The van der Waals surface area contributed by atoms with Gasteiger partial charge in [0.05, 0.1) is 5.56 Å². The molecule has 1 heterocycles. The van der Waals surface area contributed by atoms with E-state index < -0.39 is 17.5 Å². The molecule has 6 nitrogen and oxygen atoms in total. The highest BCUT2D eigenvalue weighted by atomic mass is 19.1. The van der Waals surface area contributed by atoms with Crippen LogP contribution in [0.5, 0.6) is 0 Å². The van der Waals surface area contributed by atoms with Crippen molar-refractivity contribution in [2.24, 2.45) is 0 Å². The van der Waals surface area contributed by atoms with Crippen LogP contribution in [-0.4, -0.2) is 23.4 Å². The minimum Gasteiger partial charge on any atom is -0.445 e. The van der Waals surface area contributed by atoms with Crippen molar-refractivity contribution in [1.29, 1.82) is 0 Å². The molecule has 0 bridgehead atoms. The fourth-order valence-electron chi connectivity index (χ4n) is 3.51. The van der Waals surface area contributed by atoms with Crippen molar-refractivity contribution in [2.75, 3.05) is 5.32 Å². The number of hydrogen-bond acceptors (Lipinski definition) is 4. The molecule has 3 aromatic rings. The predicted octanol–water partition coefficient (Wildman–Crippen LogP) is 3.87. The zero-order valence-corrected chi connectivity index (χ0v) is 17.4. The van der Waals surface area contributed by atoms with Crippen LogP contribution in [0.15, 0.2) is 72.8 Å². The van der Waals surface area contributed by atoms with E-state index in [9.17, 15) is 18.8 Å². The van der Waals surface area contributed by atoms with Gasteiger partial charge < -0.3 is 15.4 Å². The second-order valence-corrected chi connectivity index (χ2v) is 7.79. The summed E-state index contributed by atoms with van der Waals surface area (Å²) in [6.07, 6.45) is 0.268. The van der Waals surface area contributed by atoms with Crippen molar-refractivity contribution in [3.63, 3.8) is 0 Å². The molecule has 1 atom stereocenters. The van der Waals surface area contributed by atoms with Gasteiger partial charge in [0.15, 0.2) is 5.60 Å². The summed E-state index contributed by atoms with van der Waals surface area (Å²) >= 11 is 0. The molecular formula is C25H21FN2O4. The van der Waals surface area contributed by atoms with Gasteiger partial charge in [-0.25, -0.2) is 9.18 Å². The zero-order chi connectivity index (χ0) is 22.7. The average molecular weight is 432 g/mol. The number of nitrogens with one attached hydrogen (secondary N) is 2. The smallest absolute Gasteiger partial charge is 0.339 e. The van der Waals surface area contributed by atoms with Gasteiger partial charge in [-0.05, 0) is 60.5 Å². The van der Waals surface area contributed by atoms with Crippen molar-refractivity contribution in [2.45, 2.75) is 25.5 Å². The van der Waals surface area contributed by atoms with Crippen molar-refractivity contribution in [3.05, 3.63) is 101 Å². The minimum atomic E-state index is -1.34. The Bertz CT molecular complexity index is 1180. The molecule has 2 N–H and O–H groups in total. The summed E-state index contributed by atoms with van der Waals surface area (Å²) in [4.78, 5) is 37.5. The number of carbonyl (C=O) groups is 3. The van der Waals surface area contributed by atoms with Crippen molar-refractivity contribution >= 4 is 23.5 Å². The first-order valence-electron chi connectivity index (χ1n) is 10.1. The summed E-state index contributed by atoms with van der Waals surface area (Å²) < 4.78 is 18.4. The zero-order valence-electron chi connectivity index (χ0n) is 17.4. The molecule has 0 saturated heterocycles. The summed E-state index contributed by atoms with van der Waals surface area (Å²) in [6.45, 7) is 1.84. The first-order valence-corrected chi connectivity index (χ1v) is 10.1. The Balaban J connectivity index is 1.38. The number of anilines is 1. The van der Waals surface area contributed by atoms with Crippen LogP contribution in [0.1, 0.15) is 38.8 Å². The molecule has 2 amide bonds. The monoisotopic (exact) mass is 432 g/mol. The summed E-state index contributed by atoms with van der Waals surface area (Å²) in [7, 11) is 0. The molecule has 0 spiro atoms. The largest absolute Gasteiger partial charge is 0.445 e. The Labute approximate surface area is 184 Å². The molecule has 0 saturated carbocycles. The van der Waals surface area contributed by atoms with Crippen molar-refractivity contribution < 1.29 is 23.5 Å². The van der Waals surface area contributed by atoms with E-state index in [4.69, 9.17) is 4.74 Å². The van der Waals surface area contributed by atoms with Crippen LogP contribution in [0.25, 0.3) is 0 Å². The Morgan fingerprint density at radius 2 is 1.69 bits per heavy atom. The van der Waals surface area contributed by atoms with Crippen LogP contribution < -0.4 is 10.6 Å². The molecule has 0 aromatic heterocycles. The molecule has 162 valence electrons. The first kappa shape index (κ1) is 21.2. The van der Waals surface area contributed by atoms with Gasteiger partial charge in [0.25, 0.3) is 11.8 Å². The molecule has 0 aliphatic carbocycles. The second-order valence-electron chi connectivity index (χ2n) is 7.79. The average Bonchev–Trinajstić information content (AvgIpc) is 2.79. The van der Waals surface area contributed by atoms with Crippen LogP contribution in [0.2, 0.25) is 0 Å². The fraction of sp³-hybridized carbons (Fsp3) is 0.160. The van der Waals surface area contributed by atoms with Gasteiger partial charge in [0.2, 0.25) is 0 Å². The lowest BCUT2D eigenvalue weighted by Gasteiger charge is -2.33. The second kappa shape index (κ2) is 8.63. The molecule has 4 rings (SSSR count). The van der Waals surface area contributed by atoms with Gasteiger partial charge in [0, 0.05) is 24.2 Å². The summed E-state index contributed by atoms with van der Waals surface area (Å²) in [6, 6.07) is 19.3. The van der Waals surface area contributed by atoms with E-state index in [1.165, 1.54) is 12.1 Å². The summed E-state index contributed by atoms with van der Waals surface area (Å²) in [5.74, 6) is -1.61. The van der Waals surface area contributed by atoms with Crippen LogP contribution in [0.4, 0.5) is 10.1 Å². The number of halogens is 1. The van der Waals surface area contributed by atoms with Gasteiger partial charge >= 0.3 is 5.97 Å². The Hall–Kier alpha value is -4.00. The third-order valence-corrected chi connectivity index (χ3v) is 5.33. The van der Waals surface area contributed by atoms with E-state index >= 15 is 0 Å². The number of carbonyl (C=O) groups excluding carboxylic acids is 3. The predicted molar refractivity (Wildman–Crippen MR) is 117 cm³/mol. The number of esters is 1. The third-order valence-electron chi connectivity index (χ3n) is 5.33. The van der Waals surface area contributed by atoms with Crippen LogP contribution in [0, 0.1) is 5.82 Å². The fourth-order valence-corrected chi connectivity index (χ4v) is 3.51. The lowest BCUT2D eigenvalue weighted by Crippen LogP contribution is -2.48. The van der Waals surface area contributed by atoms with E-state index in [2.05, 4.69) is 10.6 Å². The third kappa shape index (κ3) is 4.51. The molecule has 1 aliphatic rings. The lowest BCUT2D eigenvalue weighted by molar-refractivity contribution is -0.134. The Kier molecular flexibility index (Phi) is 5.73. The van der Waals surface area contributed by atoms with E-state index in [0.29, 0.717) is 16.8 Å². The van der Waals surface area contributed by atoms with Crippen molar-refractivity contribution in [1.82, 2.24) is 5.32 Å². The topological polar surface area (TPSA) is 84.5 Å². The number of ether oxygens (including phenoxy) is 1. The van der Waals surface area contributed by atoms with E-state index in [1.807, 2.05) is 6.07 Å². The number of hydrogen-bond donors (Lipinski definition) is 2. The van der Waals surface area contributed by atoms with Crippen LogP contribution >= 0.6 is 0 Å². The summed E-state index contributed by atoms with van der Waals surface area (Å²) in [5, 5.41) is 5.51. The normalized spacial score (nSPS) is 17.1. The maximum atomic E-state index is 13.0. The van der Waals surface area contributed by atoms with Crippen molar-refractivity contribution in [3.8, 4) is 0 Å². The van der Waals surface area contributed by atoms with Gasteiger partial charge in [-0.2, -0.15) is 0 Å². The molecule has 1 aliphatic heterocycles. The molecule has 1 unspecified atom stereocenters. The SMILES string of the molecule is CC1(C(=O)Nc2ccc(C(=O)NCc3ccc(F)cc3)cc2)Cc2ccccc2C(=O)O1. The van der Waals surface area contributed by atoms with Crippen LogP contribution in [0.3, 0.4) is 0 Å². The molecule has 7 heteroatoms. The highest BCUT2D eigenvalue weighted by Crippen LogP contribution is 2.29. The maximum Gasteiger partial charge on any atom is 0.339 e. The highest BCUT2D eigenvalue weighted by molar-refractivity contribution is 6.02. The molecule has 0 fully saturated rings. The standard InChI is InChI=1S/C25H21FN2O4/c1-25(14-18-4-2-3-5-21(18)23(30)32-25)24(31)28-20-12-8-17(9-13-20)22(29)27-15-16-6-10-19(26)11-7-16/h2-13H,14-15H2,1H3,(H,27,29)(H,28,31). The quantitative estimate of drug-likeness (QED) is 0.600. The highest BCUT2D eigenvalue weighted by Gasteiger charge is 2.42. The van der Waals surface area contributed by atoms with E-state index in [1.54, 1.807) is 61.5 Å². The number of fused-ring (bicyclic) bond motifs is 1. The number of rotatable bonds is 5. The minimum absolute atomic E-state index is 0.267. The number of benzene rings is 3. The lowest BCUT2D eigenvalue weighted by atomic mass is 9.89. The van der Waals surface area contributed by atoms with Gasteiger partial charge in [0.1, 0.15) is 5.82 Å². The van der Waals surface area contributed by atoms with Gasteiger partial charge in [-0.1, -0.05) is 30.3 Å². The first-order chi connectivity index (χ1) is 15.3. The molecule has 0 radical (unpaired) electrons. The maximum absolute atomic E-state index is 13.0. The van der Waals surface area contributed by atoms with Gasteiger partial charge in [-0.3, -0.25) is 9.59 Å². The molecule has 3 aromatic carbocycles. The molecular weight excluding hydrogens is 411 g/mol. The van der Waals surface area contributed by atoms with Crippen LogP contribution in [-0.2, 0) is 22.5 Å². The summed E-state index contributed by atoms with van der Waals surface area (Å²) in [5.41, 5.74) is 1.55. The number of cyclic esters (lactones) is 1. The molecule has 32 heavy (non-hydrogen) atoms. The van der Waals surface area contributed by atoms with Gasteiger partial charge in [-0.15, -0.1) is 0 Å². The van der Waals surface area contributed by atoms with E-state index in [-0.39, 0.29) is 24.7 Å².